The Hall–Kier alpha value is -1.66. The van der Waals surface area contributed by atoms with E-state index >= 15 is 0 Å². The van der Waals surface area contributed by atoms with E-state index in [1.807, 2.05) is 4.90 Å². The number of hydrogen-bond donors (Lipinski definition) is 2. The molecule has 2 atom stereocenters. The number of nitrogens with one attached hydrogen (secondary N) is 2. The molecule has 5 nitrogen and oxygen atoms in total. The monoisotopic (exact) mass is 302 g/mol. The van der Waals surface area contributed by atoms with Crippen LogP contribution < -0.4 is 5.32 Å². The average molecular weight is 302 g/mol. The molecule has 0 saturated carbocycles. The smallest absolute Gasteiger partial charge is 0.240 e. The zero-order chi connectivity index (χ0) is 14.4. The SMILES string of the molecule is CC1c2ccsc2CCN1C(=O)C1Cc2nc[nH]c2CN1. The van der Waals surface area contributed by atoms with Crippen molar-refractivity contribution >= 4 is 17.2 Å². The van der Waals surface area contributed by atoms with Gasteiger partial charge in [-0.3, -0.25) is 10.1 Å². The minimum atomic E-state index is -0.150. The highest BCUT2D eigenvalue weighted by Crippen LogP contribution is 2.33. The number of carbonyl (C=O) groups is 1. The summed E-state index contributed by atoms with van der Waals surface area (Å²) in [6.07, 6.45) is 3.36. The molecule has 0 aliphatic carbocycles. The molecular formula is C15H18N4OS. The van der Waals surface area contributed by atoms with Gasteiger partial charge in [0.15, 0.2) is 0 Å². The summed E-state index contributed by atoms with van der Waals surface area (Å²) in [4.78, 5) is 23.7. The van der Waals surface area contributed by atoms with Crippen molar-refractivity contribution in [3.05, 3.63) is 39.6 Å². The quantitative estimate of drug-likeness (QED) is 0.842. The van der Waals surface area contributed by atoms with Gasteiger partial charge in [0.2, 0.25) is 5.91 Å². The van der Waals surface area contributed by atoms with Gasteiger partial charge in [-0.25, -0.2) is 4.98 Å². The molecule has 0 radical (unpaired) electrons. The lowest BCUT2D eigenvalue weighted by atomic mass is 9.98. The third-order valence-electron chi connectivity index (χ3n) is 4.59. The fraction of sp³-hybridized carbons (Fsp3) is 0.467. The van der Waals surface area contributed by atoms with E-state index in [1.54, 1.807) is 17.7 Å². The van der Waals surface area contributed by atoms with Gasteiger partial charge in [-0.2, -0.15) is 0 Å². The predicted octanol–water partition coefficient (Wildman–Crippen LogP) is 1.63. The number of aromatic amines is 1. The second-order valence-electron chi connectivity index (χ2n) is 5.72. The van der Waals surface area contributed by atoms with E-state index in [-0.39, 0.29) is 18.0 Å². The topological polar surface area (TPSA) is 61.0 Å². The van der Waals surface area contributed by atoms with Gasteiger partial charge in [-0.15, -0.1) is 11.3 Å². The van der Waals surface area contributed by atoms with Crippen LogP contribution in [0.25, 0.3) is 0 Å². The molecule has 4 rings (SSSR count). The number of hydrogen-bond acceptors (Lipinski definition) is 4. The second kappa shape index (κ2) is 4.96. The summed E-state index contributed by atoms with van der Waals surface area (Å²) in [6, 6.07) is 2.18. The Morgan fingerprint density at radius 1 is 1.52 bits per heavy atom. The van der Waals surface area contributed by atoms with Gasteiger partial charge in [-0.1, -0.05) is 0 Å². The molecule has 2 aliphatic rings. The van der Waals surface area contributed by atoms with Crippen LogP contribution in [0.4, 0.5) is 0 Å². The number of H-pyrrole nitrogens is 1. The van der Waals surface area contributed by atoms with Crippen LogP contribution in [0.5, 0.6) is 0 Å². The molecule has 110 valence electrons. The Kier molecular flexibility index (Phi) is 3.08. The molecule has 2 aliphatic heterocycles. The van der Waals surface area contributed by atoms with Crippen molar-refractivity contribution in [2.24, 2.45) is 0 Å². The van der Waals surface area contributed by atoms with Crippen LogP contribution in [0, 0.1) is 0 Å². The fourth-order valence-electron chi connectivity index (χ4n) is 3.35. The lowest BCUT2D eigenvalue weighted by molar-refractivity contribution is -0.136. The Bertz CT molecular complexity index is 677. The standard InChI is InChI=1S/C15H18N4OS/c1-9-10-3-5-21-14(10)2-4-19(9)15(20)12-6-11-13(7-16-12)18-8-17-11/h3,5,8-9,12,16H,2,4,6-7H2,1H3,(H,17,18). The summed E-state index contributed by atoms with van der Waals surface area (Å²) in [5, 5.41) is 5.47. The third-order valence-corrected chi connectivity index (χ3v) is 5.59. The lowest BCUT2D eigenvalue weighted by Gasteiger charge is -2.37. The van der Waals surface area contributed by atoms with E-state index in [1.165, 1.54) is 10.4 Å². The summed E-state index contributed by atoms with van der Waals surface area (Å²) in [7, 11) is 0. The van der Waals surface area contributed by atoms with Crippen LogP contribution in [0.1, 0.15) is 34.8 Å². The summed E-state index contributed by atoms with van der Waals surface area (Å²) >= 11 is 1.80. The van der Waals surface area contributed by atoms with Crippen molar-refractivity contribution in [3.63, 3.8) is 0 Å². The highest BCUT2D eigenvalue weighted by Gasteiger charge is 2.34. The number of imidazole rings is 1. The van der Waals surface area contributed by atoms with E-state index in [9.17, 15) is 4.79 Å². The molecule has 0 saturated heterocycles. The molecule has 2 N–H and O–H groups in total. The Morgan fingerprint density at radius 2 is 2.43 bits per heavy atom. The van der Waals surface area contributed by atoms with Gasteiger partial charge in [0, 0.05) is 24.4 Å². The molecule has 0 fully saturated rings. The van der Waals surface area contributed by atoms with Gasteiger partial charge < -0.3 is 9.88 Å². The second-order valence-corrected chi connectivity index (χ2v) is 6.72. The highest BCUT2D eigenvalue weighted by molar-refractivity contribution is 7.10. The Balaban J connectivity index is 1.54. The first-order chi connectivity index (χ1) is 10.2. The van der Waals surface area contributed by atoms with E-state index in [0.29, 0.717) is 13.0 Å². The Labute approximate surface area is 127 Å². The molecule has 0 bridgehead atoms. The van der Waals surface area contributed by atoms with Gasteiger partial charge in [-0.05, 0) is 30.4 Å². The van der Waals surface area contributed by atoms with Gasteiger partial charge in [0.1, 0.15) is 0 Å². The minimum absolute atomic E-state index is 0.150. The van der Waals surface area contributed by atoms with Crippen LogP contribution in [0.2, 0.25) is 0 Å². The highest BCUT2D eigenvalue weighted by atomic mass is 32.1. The molecule has 6 heteroatoms. The fourth-order valence-corrected chi connectivity index (χ4v) is 4.32. The first kappa shape index (κ1) is 13.0. The maximum atomic E-state index is 12.9. The van der Waals surface area contributed by atoms with Gasteiger partial charge >= 0.3 is 0 Å². The minimum Gasteiger partial charge on any atom is -0.347 e. The van der Waals surface area contributed by atoms with Gasteiger partial charge in [0.25, 0.3) is 0 Å². The number of rotatable bonds is 1. The van der Waals surface area contributed by atoms with Crippen LogP contribution in [-0.4, -0.2) is 33.4 Å². The number of thiophene rings is 1. The maximum absolute atomic E-state index is 12.9. The molecule has 21 heavy (non-hydrogen) atoms. The molecule has 0 aromatic carbocycles. The third kappa shape index (κ3) is 2.10. The average Bonchev–Trinajstić information content (AvgIpc) is 3.15. The van der Waals surface area contributed by atoms with Crippen molar-refractivity contribution in [1.29, 1.82) is 0 Å². The number of aromatic nitrogens is 2. The van der Waals surface area contributed by atoms with Crippen molar-refractivity contribution < 1.29 is 4.79 Å². The summed E-state index contributed by atoms with van der Waals surface area (Å²) in [5.41, 5.74) is 3.44. The number of nitrogens with zero attached hydrogens (tertiary/aromatic N) is 2. The number of fused-ring (bicyclic) bond motifs is 2. The predicted molar refractivity (Wildman–Crippen MR) is 81.1 cm³/mol. The largest absolute Gasteiger partial charge is 0.347 e. The first-order valence-corrected chi connectivity index (χ1v) is 8.23. The zero-order valence-corrected chi connectivity index (χ0v) is 12.7. The van der Waals surface area contributed by atoms with E-state index in [0.717, 1.165) is 24.4 Å². The molecule has 2 unspecified atom stereocenters. The lowest BCUT2D eigenvalue weighted by Crippen LogP contribution is -2.51. The van der Waals surface area contributed by atoms with E-state index < -0.39 is 0 Å². The Morgan fingerprint density at radius 3 is 3.33 bits per heavy atom. The molecule has 0 spiro atoms. The molecule has 2 aromatic heterocycles. The summed E-state index contributed by atoms with van der Waals surface area (Å²) in [5.74, 6) is 0.202. The number of amides is 1. The zero-order valence-electron chi connectivity index (χ0n) is 11.9. The molecular weight excluding hydrogens is 284 g/mol. The van der Waals surface area contributed by atoms with Crippen LogP contribution in [0.15, 0.2) is 17.8 Å². The van der Waals surface area contributed by atoms with Gasteiger partial charge in [0.05, 0.1) is 29.8 Å². The maximum Gasteiger partial charge on any atom is 0.240 e. The molecule has 2 aromatic rings. The van der Waals surface area contributed by atoms with Crippen LogP contribution in [-0.2, 0) is 24.2 Å². The van der Waals surface area contributed by atoms with Crippen LogP contribution >= 0.6 is 11.3 Å². The molecule has 4 heterocycles. The molecule has 1 amide bonds. The van der Waals surface area contributed by atoms with Crippen molar-refractivity contribution in [3.8, 4) is 0 Å². The summed E-state index contributed by atoms with van der Waals surface area (Å²) in [6.45, 7) is 3.64. The van der Waals surface area contributed by atoms with E-state index in [4.69, 9.17) is 0 Å². The van der Waals surface area contributed by atoms with Crippen molar-refractivity contribution in [1.82, 2.24) is 20.2 Å². The summed E-state index contributed by atoms with van der Waals surface area (Å²) < 4.78 is 0. The first-order valence-electron chi connectivity index (χ1n) is 7.35. The number of carbonyl (C=O) groups excluding carboxylic acids is 1. The van der Waals surface area contributed by atoms with Crippen molar-refractivity contribution in [2.75, 3.05) is 6.54 Å². The van der Waals surface area contributed by atoms with E-state index in [2.05, 4.69) is 33.7 Å². The van der Waals surface area contributed by atoms with Crippen molar-refractivity contribution in [2.45, 2.75) is 38.4 Å². The van der Waals surface area contributed by atoms with Crippen LogP contribution in [0.3, 0.4) is 0 Å². The normalized spacial score (nSPS) is 24.5.